The second-order valence-electron chi connectivity index (χ2n) is 3.08. The number of benzene rings is 1. The Hall–Kier alpha value is -0.770. The van der Waals surface area contributed by atoms with Crippen LogP contribution >= 0.6 is 0 Å². The molecule has 0 radical (unpaired) electrons. The molecule has 2 N–H and O–H groups in total. The smallest absolute Gasteiger partial charge is 0.157 e. The highest BCUT2D eigenvalue weighted by Crippen LogP contribution is 2.21. The van der Waals surface area contributed by atoms with Gasteiger partial charge in [0.1, 0.15) is 0 Å². The Kier molecular flexibility index (Phi) is 4.20. The second-order valence-corrected chi connectivity index (χ2v) is 4.44. The van der Waals surface area contributed by atoms with Crippen molar-refractivity contribution in [2.45, 2.75) is 19.1 Å². The predicted octanol–water partition coefficient (Wildman–Crippen LogP) is 2.10. The summed E-state index contributed by atoms with van der Waals surface area (Å²) in [5.74, 6) is 0. The van der Waals surface area contributed by atoms with Gasteiger partial charge in [0, 0.05) is 16.9 Å². The van der Waals surface area contributed by atoms with E-state index in [1.165, 1.54) is 0 Å². The highest BCUT2D eigenvalue weighted by Gasteiger charge is 2.19. The summed E-state index contributed by atoms with van der Waals surface area (Å²) in [6, 6.07) is 9.88. The van der Waals surface area contributed by atoms with Crippen molar-refractivity contribution >= 4 is 16.9 Å². The molecule has 2 atom stereocenters. The monoisotopic (exact) mass is 209 g/mol. The second kappa shape index (κ2) is 5.20. The molecule has 14 heavy (non-hydrogen) atoms. The summed E-state index contributed by atoms with van der Waals surface area (Å²) in [6.45, 7) is 3.81. The number of nitrogens with two attached hydrogens (primary N) is 1. The molecule has 1 aromatic carbocycles. The van der Waals surface area contributed by atoms with E-state index in [4.69, 9.17) is 5.14 Å². The Morgan fingerprint density at radius 3 is 2.43 bits per heavy atom. The first-order valence-corrected chi connectivity index (χ1v) is 5.81. The minimum Gasteiger partial charge on any atom is -0.598 e. The zero-order chi connectivity index (χ0) is 10.6. The van der Waals surface area contributed by atoms with Crippen LogP contribution < -0.4 is 5.14 Å². The maximum Gasteiger partial charge on any atom is 0.157 e. The van der Waals surface area contributed by atoms with Crippen LogP contribution in [0.5, 0.6) is 0 Å². The summed E-state index contributed by atoms with van der Waals surface area (Å²) in [5.41, 5.74) is 2.12. The number of rotatable bonds is 3. The maximum atomic E-state index is 11.2. The molecule has 3 heteroatoms. The Balaban J connectivity index is 2.95. The zero-order valence-electron chi connectivity index (χ0n) is 8.44. The van der Waals surface area contributed by atoms with E-state index in [1.54, 1.807) is 0 Å². The summed E-state index contributed by atoms with van der Waals surface area (Å²) >= 11 is -1.31. The van der Waals surface area contributed by atoms with Crippen molar-refractivity contribution in [3.63, 3.8) is 0 Å². The van der Waals surface area contributed by atoms with E-state index in [-0.39, 0.29) is 5.25 Å². The van der Waals surface area contributed by atoms with Crippen molar-refractivity contribution in [2.75, 3.05) is 0 Å². The molecule has 76 valence electrons. The van der Waals surface area contributed by atoms with Gasteiger partial charge in [0.15, 0.2) is 5.25 Å². The van der Waals surface area contributed by atoms with Crippen LogP contribution in [0.1, 0.15) is 19.4 Å². The largest absolute Gasteiger partial charge is 0.598 e. The van der Waals surface area contributed by atoms with Crippen molar-refractivity contribution in [1.29, 1.82) is 0 Å². The molecular formula is C11H15NOS. The fraction of sp³-hybridized carbons (Fsp3) is 0.273. The highest BCUT2D eigenvalue weighted by molar-refractivity contribution is 7.90. The quantitative estimate of drug-likeness (QED) is 0.775. The molecule has 0 aliphatic carbocycles. The van der Waals surface area contributed by atoms with E-state index in [0.717, 1.165) is 11.1 Å². The minimum absolute atomic E-state index is 0.123. The highest BCUT2D eigenvalue weighted by atomic mass is 32.2. The first kappa shape index (κ1) is 11.3. The van der Waals surface area contributed by atoms with Crippen molar-refractivity contribution in [3.05, 3.63) is 42.0 Å². The zero-order valence-corrected chi connectivity index (χ0v) is 9.25. The molecule has 0 aromatic heterocycles. The number of hydrogen-bond donors (Lipinski definition) is 1. The third kappa shape index (κ3) is 2.61. The van der Waals surface area contributed by atoms with Gasteiger partial charge < -0.3 is 4.55 Å². The Bertz CT molecular complexity index is 308. The summed E-state index contributed by atoms with van der Waals surface area (Å²) in [4.78, 5) is 0. The van der Waals surface area contributed by atoms with E-state index >= 15 is 0 Å². The Labute approximate surface area is 88.1 Å². The van der Waals surface area contributed by atoms with Gasteiger partial charge in [-0.3, -0.25) is 0 Å². The van der Waals surface area contributed by atoms with Crippen molar-refractivity contribution in [1.82, 2.24) is 0 Å². The van der Waals surface area contributed by atoms with Crippen LogP contribution in [0.25, 0.3) is 5.57 Å². The standard InChI is InChI=1S/C11H15NOS/c1-3-11(9(2)14(12)13)10-7-5-4-6-8-10/h3-9H,12H2,1-2H3. The third-order valence-corrected chi connectivity index (χ3v) is 3.16. The van der Waals surface area contributed by atoms with Gasteiger partial charge in [0.25, 0.3) is 0 Å². The normalized spacial score (nSPS) is 16.4. The van der Waals surface area contributed by atoms with Crippen LogP contribution in [-0.4, -0.2) is 9.80 Å². The lowest BCUT2D eigenvalue weighted by atomic mass is 10.0. The average Bonchev–Trinajstić information content (AvgIpc) is 2.20. The minimum atomic E-state index is -1.31. The molecular weight excluding hydrogens is 194 g/mol. The molecule has 0 bridgehead atoms. The van der Waals surface area contributed by atoms with Crippen LogP contribution in [0.15, 0.2) is 36.4 Å². The van der Waals surface area contributed by atoms with E-state index < -0.39 is 11.4 Å². The molecule has 0 saturated carbocycles. The average molecular weight is 209 g/mol. The SMILES string of the molecule is CC=C(c1ccccc1)C(C)[S+](N)[O-]. The molecule has 0 aliphatic rings. The van der Waals surface area contributed by atoms with E-state index in [2.05, 4.69) is 0 Å². The van der Waals surface area contributed by atoms with E-state index in [1.807, 2.05) is 50.3 Å². The summed E-state index contributed by atoms with van der Waals surface area (Å²) < 4.78 is 11.2. The van der Waals surface area contributed by atoms with Gasteiger partial charge in [-0.2, -0.15) is 5.14 Å². The van der Waals surface area contributed by atoms with Crippen LogP contribution in [0.4, 0.5) is 0 Å². The molecule has 2 unspecified atom stereocenters. The van der Waals surface area contributed by atoms with E-state index in [9.17, 15) is 4.55 Å². The number of hydrogen-bond acceptors (Lipinski definition) is 2. The lowest BCUT2D eigenvalue weighted by Crippen LogP contribution is -2.26. The molecule has 1 rings (SSSR count). The molecule has 0 heterocycles. The first-order valence-electron chi connectivity index (χ1n) is 4.53. The van der Waals surface area contributed by atoms with Crippen molar-refractivity contribution < 1.29 is 4.55 Å². The molecule has 0 saturated heterocycles. The van der Waals surface area contributed by atoms with Gasteiger partial charge in [-0.15, -0.1) is 0 Å². The molecule has 0 amide bonds. The van der Waals surface area contributed by atoms with Crippen LogP contribution in [0.2, 0.25) is 0 Å². The van der Waals surface area contributed by atoms with Crippen LogP contribution in [0.3, 0.4) is 0 Å². The maximum absolute atomic E-state index is 11.2. The topological polar surface area (TPSA) is 49.1 Å². The van der Waals surface area contributed by atoms with Gasteiger partial charge in [-0.25, -0.2) is 0 Å². The molecule has 0 spiro atoms. The van der Waals surface area contributed by atoms with Gasteiger partial charge in [-0.05, 0) is 19.4 Å². The fourth-order valence-corrected chi connectivity index (χ4v) is 1.91. The predicted molar refractivity (Wildman–Crippen MR) is 61.9 cm³/mol. The first-order chi connectivity index (χ1) is 6.66. The molecule has 0 fully saturated rings. The summed E-state index contributed by atoms with van der Waals surface area (Å²) in [5, 5.41) is 5.26. The van der Waals surface area contributed by atoms with E-state index in [0.29, 0.717) is 0 Å². The van der Waals surface area contributed by atoms with Crippen molar-refractivity contribution in [2.24, 2.45) is 5.14 Å². The lowest BCUT2D eigenvalue weighted by molar-refractivity contribution is 0.593. The summed E-state index contributed by atoms with van der Waals surface area (Å²) in [7, 11) is 0. The van der Waals surface area contributed by atoms with Gasteiger partial charge in [0.2, 0.25) is 0 Å². The molecule has 1 aromatic rings. The molecule has 0 aliphatic heterocycles. The number of allylic oxidation sites excluding steroid dienone is 1. The van der Waals surface area contributed by atoms with Gasteiger partial charge in [0.05, 0.1) is 0 Å². The molecule has 2 nitrogen and oxygen atoms in total. The summed E-state index contributed by atoms with van der Waals surface area (Å²) in [6.07, 6.45) is 1.96. The van der Waals surface area contributed by atoms with Crippen molar-refractivity contribution in [3.8, 4) is 0 Å². The Morgan fingerprint density at radius 2 is 2.00 bits per heavy atom. The fourth-order valence-electron chi connectivity index (χ4n) is 1.39. The van der Waals surface area contributed by atoms with Crippen LogP contribution in [0, 0.1) is 0 Å². The van der Waals surface area contributed by atoms with Crippen LogP contribution in [-0.2, 0) is 11.4 Å². The lowest BCUT2D eigenvalue weighted by Gasteiger charge is -2.16. The Morgan fingerprint density at radius 1 is 1.43 bits per heavy atom. The van der Waals surface area contributed by atoms with Gasteiger partial charge >= 0.3 is 0 Å². The third-order valence-electron chi connectivity index (χ3n) is 2.20. The van der Waals surface area contributed by atoms with Gasteiger partial charge in [-0.1, -0.05) is 36.4 Å².